The lowest BCUT2D eigenvalue weighted by atomic mass is 9.97. The minimum absolute atomic E-state index is 0.0105. The molecule has 2 aromatic heterocycles. The highest BCUT2D eigenvalue weighted by Gasteiger charge is 2.24. The zero-order valence-electron chi connectivity index (χ0n) is 18.7. The number of piperidine rings is 1. The van der Waals surface area contributed by atoms with Crippen LogP contribution in [0.1, 0.15) is 53.9 Å². The van der Waals surface area contributed by atoms with Gasteiger partial charge in [-0.3, -0.25) is 19.1 Å². The van der Waals surface area contributed by atoms with Gasteiger partial charge in [0.25, 0.3) is 5.56 Å². The van der Waals surface area contributed by atoms with E-state index >= 15 is 0 Å². The third-order valence-electron chi connectivity index (χ3n) is 6.60. The fourth-order valence-electron chi connectivity index (χ4n) is 4.86. The van der Waals surface area contributed by atoms with Crippen LogP contribution >= 0.6 is 11.3 Å². The summed E-state index contributed by atoms with van der Waals surface area (Å²) in [5, 5.41) is 3.69. The normalized spacial score (nSPS) is 16.8. The number of thiophene rings is 1. The van der Waals surface area contributed by atoms with Crippen molar-refractivity contribution in [2.75, 3.05) is 18.4 Å². The number of aryl methyl sites for hydroxylation is 3. The molecular weight excluding hydrogens is 420 g/mol. The van der Waals surface area contributed by atoms with Crippen LogP contribution in [0.3, 0.4) is 0 Å². The highest BCUT2D eigenvalue weighted by molar-refractivity contribution is 7.18. The van der Waals surface area contributed by atoms with E-state index in [0.29, 0.717) is 12.4 Å². The second-order valence-corrected chi connectivity index (χ2v) is 10.1. The number of likely N-dealkylation sites (tertiary alicyclic amines) is 1. The fraction of sp³-hybridized carbons (Fsp3) is 0.480. The summed E-state index contributed by atoms with van der Waals surface area (Å²) in [6.45, 7) is 4.66. The molecular formula is C25H30N4O2S. The number of hydrogen-bond acceptors (Lipinski definition) is 5. The molecule has 2 aliphatic rings. The Hall–Kier alpha value is -2.51. The van der Waals surface area contributed by atoms with Crippen LogP contribution in [-0.4, -0.2) is 33.4 Å². The quantitative estimate of drug-likeness (QED) is 0.630. The molecule has 0 spiro atoms. The SMILES string of the molecule is Cc1ccc(NC(=O)Cn2c(CN3CCCCC3)nc3sc4c(c3c2=O)CCCC4)cc1. The van der Waals surface area contributed by atoms with Crippen LogP contribution < -0.4 is 10.9 Å². The van der Waals surface area contributed by atoms with Crippen molar-refractivity contribution in [1.29, 1.82) is 0 Å². The Balaban J connectivity index is 1.50. The molecule has 0 saturated carbocycles. The zero-order chi connectivity index (χ0) is 22.1. The zero-order valence-corrected chi connectivity index (χ0v) is 19.5. The lowest BCUT2D eigenvalue weighted by Crippen LogP contribution is -2.36. The van der Waals surface area contributed by atoms with E-state index in [1.807, 2.05) is 31.2 Å². The first-order chi connectivity index (χ1) is 15.6. The van der Waals surface area contributed by atoms with Gasteiger partial charge in [0.1, 0.15) is 17.2 Å². The predicted molar refractivity (Wildman–Crippen MR) is 129 cm³/mol. The first-order valence-electron chi connectivity index (χ1n) is 11.7. The molecule has 1 aromatic carbocycles. The van der Waals surface area contributed by atoms with Crippen molar-refractivity contribution in [3.8, 4) is 0 Å². The van der Waals surface area contributed by atoms with E-state index in [2.05, 4.69) is 10.2 Å². The van der Waals surface area contributed by atoms with Crippen molar-refractivity contribution < 1.29 is 4.79 Å². The third kappa shape index (κ3) is 4.36. The Bertz CT molecular complexity index is 1190. The average molecular weight is 451 g/mol. The Kier molecular flexibility index (Phi) is 6.11. The molecule has 32 heavy (non-hydrogen) atoms. The van der Waals surface area contributed by atoms with Crippen LogP contribution in [0, 0.1) is 6.92 Å². The molecule has 0 unspecified atom stereocenters. The van der Waals surface area contributed by atoms with Crippen LogP contribution in [0.2, 0.25) is 0 Å². The number of benzene rings is 1. The largest absolute Gasteiger partial charge is 0.325 e. The standard InChI is InChI=1S/C25H30N4O2S/c1-17-9-11-18(12-10-17)26-22(30)16-29-21(15-28-13-5-2-6-14-28)27-24-23(25(29)31)19-7-3-4-8-20(19)32-24/h9-12H,2-8,13-16H2,1H3,(H,26,30). The number of nitrogens with one attached hydrogen (secondary N) is 1. The van der Waals surface area contributed by atoms with Gasteiger partial charge in [-0.2, -0.15) is 0 Å². The average Bonchev–Trinajstić information content (AvgIpc) is 3.17. The maximum Gasteiger partial charge on any atom is 0.263 e. The van der Waals surface area contributed by atoms with Crippen LogP contribution in [0.15, 0.2) is 29.1 Å². The second-order valence-electron chi connectivity index (χ2n) is 9.06. The smallest absolute Gasteiger partial charge is 0.263 e. The van der Waals surface area contributed by atoms with E-state index in [4.69, 9.17) is 4.98 Å². The van der Waals surface area contributed by atoms with Crippen LogP contribution in [0.5, 0.6) is 0 Å². The highest BCUT2D eigenvalue weighted by atomic mass is 32.1. The molecule has 1 N–H and O–H groups in total. The topological polar surface area (TPSA) is 67.2 Å². The molecule has 168 valence electrons. The van der Waals surface area contributed by atoms with Gasteiger partial charge in [0.2, 0.25) is 5.91 Å². The molecule has 1 fully saturated rings. The molecule has 1 aliphatic heterocycles. The van der Waals surface area contributed by atoms with E-state index in [0.717, 1.165) is 53.8 Å². The summed E-state index contributed by atoms with van der Waals surface area (Å²) in [5.74, 6) is 0.517. The Morgan fingerprint density at radius 2 is 1.81 bits per heavy atom. The van der Waals surface area contributed by atoms with Gasteiger partial charge in [0.15, 0.2) is 0 Å². The van der Waals surface area contributed by atoms with Crippen molar-refractivity contribution in [3.05, 3.63) is 56.4 Å². The number of hydrogen-bond donors (Lipinski definition) is 1. The van der Waals surface area contributed by atoms with Gasteiger partial charge >= 0.3 is 0 Å². The summed E-state index contributed by atoms with van der Waals surface area (Å²) in [7, 11) is 0. The van der Waals surface area contributed by atoms with Gasteiger partial charge in [-0.1, -0.05) is 24.1 Å². The monoisotopic (exact) mass is 450 g/mol. The van der Waals surface area contributed by atoms with Gasteiger partial charge in [0, 0.05) is 10.6 Å². The predicted octanol–water partition coefficient (Wildman–Crippen LogP) is 4.27. The molecule has 3 heterocycles. The Morgan fingerprint density at radius 1 is 1.06 bits per heavy atom. The molecule has 7 heteroatoms. The minimum Gasteiger partial charge on any atom is -0.325 e. The summed E-state index contributed by atoms with van der Waals surface area (Å²) < 4.78 is 1.63. The molecule has 6 nitrogen and oxygen atoms in total. The van der Waals surface area contributed by atoms with E-state index in [1.165, 1.54) is 36.1 Å². The molecule has 5 rings (SSSR count). The highest BCUT2D eigenvalue weighted by Crippen LogP contribution is 2.34. The van der Waals surface area contributed by atoms with Gasteiger partial charge in [0.05, 0.1) is 11.9 Å². The van der Waals surface area contributed by atoms with Crippen molar-refractivity contribution in [2.24, 2.45) is 0 Å². The second kappa shape index (κ2) is 9.16. The van der Waals surface area contributed by atoms with Crippen LogP contribution in [0.25, 0.3) is 10.2 Å². The molecule has 0 radical (unpaired) electrons. The molecule has 1 saturated heterocycles. The molecule has 0 bridgehead atoms. The van der Waals surface area contributed by atoms with Crippen molar-refractivity contribution >= 4 is 33.1 Å². The fourth-order valence-corrected chi connectivity index (χ4v) is 6.13. The number of carbonyl (C=O) groups excluding carboxylic acids is 1. The maximum absolute atomic E-state index is 13.7. The van der Waals surface area contributed by atoms with Gasteiger partial charge in [-0.05, 0) is 76.2 Å². The summed E-state index contributed by atoms with van der Waals surface area (Å²) >= 11 is 1.68. The van der Waals surface area contributed by atoms with Gasteiger partial charge < -0.3 is 5.32 Å². The molecule has 1 amide bonds. The van der Waals surface area contributed by atoms with Crippen molar-refractivity contribution in [2.45, 2.75) is 65.0 Å². The van der Waals surface area contributed by atoms with Gasteiger partial charge in [-0.25, -0.2) is 4.98 Å². The van der Waals surface area contributed by atoms with E-state index in [9.17, 15) is 9.59 Å². The first-order valence-corrected chi connectivity index (χ1v) is 12.5. The summed E-state index contributed by atoms with van der Waals surface area (Å²) in [6, 6.07) is 7.71. The van der Waals surface area contributed by atoms with Crippen molar-refractivity contribution in [1.82, 2.24) is 14.5 Å². The molecule has 1 aliphatic carbocycles. The number of carbonyl (C=O) groups is 1. The number of aromatic nitrogens is 2. The summed E-state index contributed by atoms with van der Waals surface area (Å²) in [5.41, 5.74) is 3.00. The first kappa shape index (κ1) is 21.3. The number of rotatable bonds is 5. The lowest BCUT2D eigenvalue weighted by molar-refractivity contribution is -0.116. The van der Waals surface area contributed by atoms with E-state index < -0.39 is 0 Å². The number of fused-ring (bicyclic) bond motifs is 3. The molecule has 0 atom stereocenters. The van der Waals surface area contributed by atoms with Crippen LogP contribution in [-0.2, 0) is 30.7 Å². The summed E-state index contributed by atoms with van der Waals surface area (Å²) in [6.07, 6.45) is 7.86. The Morgan fingerprint density at radius 3 is 2.59 bits per heavy atom. The van der Waals surface area contributed by atoms with Crippen LogP contribution in [0.4, 0.5) is 5.69 Å². The molecule has 3 aromatic rings. The van der Waals surface area contributed by atoms with E-state index in [1.54, 1.807) is 15.9 Å². The lowest BCUT2D eigenvalue weighted by Gasteiger charge is -2.27. The number of anilines is 1. The van der Waals surface area contributed by atoms with E-state index in [-0.39, 0.29) is 18.0 Å². The Labute approximate surface area is 192 Å². The van der Waals surface area contributed by atoms with Crippen molar-refractivity contribution in [3.63, 3.8) is 0 Å². The third-order valence-corrected chi connectivity index (χ3v) is 7.79. The van der Waals surface area contributed by atoms with Gasteiger partial charge in [-0.15, -0.1) is 11.3 Å². The number of nitrogens with zero attached hydrogens (tertiary/aromatic N) is 3. The minimum atomic E-state index is -0.193. The maximum atomic E-state index is 13.7. The number of amides is 1. The summed E-state index contributed by atoms with van der Waals surface area (Å²) in [4.78, 5) is 36.1.